The molecule has 0 aliphatic heterocycles. The minimum atomic E-state index is 0.0273. The fourth-order valence-corrected chi connectivity index (χ4v) is 3.39. The summed E-state index contributed by atoms with van der Waals surface area (Å²) in [6.45, 7) is 9.05. The van der Waals surface area contributed by atoms with Gasteiger partial charge in [0.1, 0.15) is 16.9 Å². The Bertz CT molecular complexity index is 730. The number of ether oxygens (including phenoxy) is 2. The maximum Gasteiger partial charge on any atom is 0.194 e. The number of benzene rings is 1. The summed E-state index contributed by atoms with van der Waals surface area (Å²) in [5, 5.41) is 6.43. The number of nitrogens with zero attached hydrogens (tertiary/aromatic N) is 3. The standard InChI is InChI=1S/C21H32N4O2S/c1-6-22-21(23-12-7-13-27-19-10-8-16(2)9-11-19)25(4)14-18-15-28-20(24-18)17(3)26-5/h8-11,15,17H,6-7,12-14H2,1-5H3,(H,22,23). The van der Waals surface area contributed by atoms with Crippen molar-refractivity contribution in [1.29, 1.82) is 0 Å². The normalized spacial score (nSPS) is 12.7. The van der Waals surface area contributed by atoms with Crippen LogP contribution in [-0.2, 0) is 11.3 Å². The highest BCUT2D eigenvalue weighted by Gasteiger charge is 2.12. The summed E-state index contributed by atoms with van der Waals surface area (Å²) in [7, 11) is 3.74. The molecule has 1 atom stereocenters. The van der Waals surface area contributed by atoms with Gasteiger partial charge in [-0.25, -0.2) is 4.98 Å². The van der Waals surface area contributed by atoms with Crippen LogP contribution in [0, 0.1) is 6.92 Å². The zero-order chi connectivity index (χ0) is 20.4. The SMILES string of the molecule is CCNC(=NCCCOc1ccc(C)cc1)N(C)Cc1csc(C(C)OC)n1. The molecule has 7 heteroatoms. The first-order chi connectivity index (χ1) is 13.5. The number of hydrogen-bond acceptors (Lipinski definition) is 5. The molecule has 1 aromatic heterocycles. The second-order valence-electron chi connectivity index (χ2n) is 6.66. The third kappa shape index (κ3) is 7.13. The zero-order valence-corrected chi connectivity index (χ0v) is 18.4. The topological polar surface area (TPSA) is 59.0 Å². The largest absolute Gasteiger partial charge is 0.494 e. The van der Waals surface area contributed by atoms with Crippen molar-refractivity contribution in [3.05, 3.63) is 45.9 Å². The zero-order valence-electron chi connectivity index (χ0n) is 17.6. The lowest BCUT2D eigenvalue weighted by atomic mass is 10.2. The van der Waals surface area contributed by atoms with Crippen molar-refractivity contribution in [2.75, 3.05) is 33.9 Å². The monoisotopic (exact) mass is 404 g/mol. The van der Waals surface area contributed by atoms with Gasteiger partial charge in [-0.3, -0.25) is 4.99 Å². The van der Waals surface area contributed by atoms with Crippen LogP contribution in [0.1, 0.15) is 42.6 Å². The predicted molar refractivity (Wildman–Crippen MR) is 116 cm³/mol. The Hall–Kier alpha value is -2.12. The van der Waals surface area contributed by atoms with E-state index in [-0.39, 0.29) is 6.10 Å². The Morgan fingerprint density at radius 1 is 1.32 bits per heavy atom. The Kier molecular flexibility index (Phi) is 9.23. The van der Waals surface area contributed by atoms with Crippen LogP contribution in [0.4, 0.5) is 0 Å². The molecule has 0 aliphatic carbocycles. The van der Waals surface area contributed by atoms with E-state index >= 15 is 0 Å². The summed E-state index contributed by atoms with van der Waals surface area (Å²) < 4.78 is 11.1. The number of nitrogens with one attached hydrogen (secondary N) is 1. The van der Waals surface area contributed by atoms with E-state index in [1.54, 1.807) is 18.4 Å². The minimum absolute atomic E-state index is 0.0273. The van der Waals surface area contributed by atoms with Gasteiger partial charge in [0.15, 0.2) is 5.96 Å². The quantitative estimate of drug-likeness (QED) is 0.368. The highest BCUT2D eigenvalue weighted by molar-refractivity contribution is 7.09. The van der Waals surface area contributed by atoms with Gasteiger partial charge < -0.3 is 19.7 Å². The molecule has 0 fully saturated rings. The van der Waals surface area contributed by atoms with Crippen LogP contribution in [0.2, 0.25) is 0 Å². The molecule has 0 amide bonds. The maximum atomic E-state index is 5.77. The van der Waals surface area contributed by atoms with E-state index in [1.807, 2.05) is 26.1 Å². The first-order valence-corrected chi connectivity index (χ1v) is 10.6. The van der Waals surface area contributed by atoms with Gasteiger partial charge in [-0.05, 0) is 32.9 Å². The van der Waals surface area contributed by atoms with Crippen LogP contribution in [0.15, 0.2) is 34.6 Å². The molecule has 1 unspecified atom stereocenters. The van der Waals surface area contributed by atoms with Crippen molar-refractivity contribution in [2.45, 2.75) is 39.8 Å². The molecule has 0 bridgehead atoms. The van der Waals surface area contributed by atoms with Gasteiger partial charge in [0.25, 0.3) is 0 Å². The number of rotatable bonds is 10. The van der Waals surface area contributed by atoms with Crippen LogP contribution >= 0.6 is 11.3 Å². The molecule has 28 heavy (non-hydrogen) atoms. The van der Waals surface area contributed by atoms with Crippen LogP contribution in [-0.4, -0.2) is 49.7 Å². The van der Waals surface area contributed by atoms with E-state index in [0.717, 1.165) is 35.4 Å². The average Bonchev–Trinajstić information content (AvgIpc) is 3.16. The molecule has 6 nitrogen and oxygen atoms in total. The van der Waals surface area contributed by atoms with Crippen molar-refractivity contribution in [3.8, 4) is 5.75 Å². The highest BCUT2D eigenvalue weighted by Crippen LogP contribution is 2.21. The van der Waals surface area contributed by atoms with Crippen molar-refractivity contribution in [1.82, 2.24) is 15.2 Å². The molecule has 154 valence electrons. The number of aliphatic imine (C=N–C) groups is 1. The molecule has 0 spiro atoms. The number of aryl methyl sites for hydroxylation is 1. The highest BCUT2D eigenvalue weighted by atomic mass is 32.1. The van der Waals surface area contributed by atoms with Crippen LogP contribution in [0.25, 0.3) is 0 Å². The summed E-state index contributed by atoms with van der Waals surface area (Å²) in [5.74, 6) is 1.79. The first-order valence-electron chi connectivity index (χ1n) is 9.69. The van der Waals surface area contributed by atoms with Gasteiger partial charge in [0.05, 0.1) is 18.8 Å². The molecule has 0 aliphatic rings. The Labute approximate surface area is 172 Å². The van der Waals surface area contributed by atoms with E-state index < -0.39 is 0 Å². The minimum Gasteiger partial charge on any atom is -0.494 e. The molecule has 1 aromatic carbocycles. The molecular formula is C21H32N4O2S. The number of guanidine groups is 1. The molecular weight excluding hydrogens is 372 g/mol. The molecule has 2 rings (SSSR count). The molecule has 0 saturated carbocycles. The van der Waals surface area contributed by atoms with E-state index in [2.05, 4.69) is 46.6 Å². The number of thiazole rings is 1. The van der Waals surface area contributed by atoms with E-state index in [1.165, 1.54) is 5.56 Å². The summed E-state index contributed by atoms with van der Waals surface area (Å²) in [6, 6.07) is 8.12. The Morgan fingerprint density at radius 3 is 2.75 bits per heavy atom. The predicted octanol–water partition coefficient (Wildman–Crippen LogP) is 4.03. The van der Waals surface area contributed by atoms with Gasteiger partial charge in [0, 0.05) is 39.0 Å². The fraction of sp³-hybridized carbons (Fsp3) is 0.524. The fourth-order valence-electron chi connectivity index (χ4n) is 2.54. The molecule has 0 radical (unpaired) electrons. The van der Waals surface area contributed by atoms with E-state index in [4.69, 9.17) is 14.5 Å². The number of aromatic nitrogens is 1. The second-order valence-corrected chi connectivity index (χ2v) is 7.55. The van der Waals surface area contributed by atoms with Gasteiger partial charge in [-0.2, -0.15) is 0 Å². The lowest BCUT2D eigenvalue weighted by molar-refractivity contribution is 0.119. The van der Waals surface area contributed by atoms with Crippen molar-refractivity contribution in [2.24, 2.45) is 4.99 Å². The summed E-state index contributed by atoms with van der Waals surface area (Å²) in [4.78, 5) is 11.5. The molecule has 1 heterocycles. The average molecular weight is 405 g/mol. The van der Waals surface area contributed by atoms with Crippen LogP contribution in [0.5, 0.6) is 5.75 Å². The second kappa shape index (κ2) is 11.7. The van der Waals surface area contributed by atoms with E-state index in [0.29, 0.717) is 19.7 Å². The Morgan fingerprint density at radius 2 is 2.07 bits per heavy atom. The summed E-state index contributed by atoms with van der Waals surface area (Å²) in [5.41, 5.74) is 2.26. The first kappa shape index (κ1) is 22.2. The lowest BCUT2D eigenvalue weighted by Crippen LogP contribution is -2.38. The maximum absolute atomic E-state index is 5.77. The number of methoxy groups -OCH3 is 1. The third-order valence-corrected chi connectivity index (χ3v) is 5.27. The van der Waals surface area contributed by atoms with Gasteiger partial charge in [-0.15, -0.1) is 11.3 Å². The molecule has 1 N–H and O–H groups in total. The smallest absolute Gasteiger partial charge is 0.194 e. The van der Waals surface area contributed by atoms with Crippen molar-refractivity contribution < 1.29 is 9.47 Å². The van der Waals surface area contributed by atoms with Gasteiger partial charge in [-0.1, -0.05) is 17.7 Å². The summed E-state index contributed by atoms with van der Waals surface area (Å²) in [6.07, 6.45) is 0.891. The number of hydrogen-bond donors (Lipinski definition) is 1. The lowest BCUT2D eigenvalue weighted by Gasteiger charge is -2.21. The van der Waals surface area contributed by atoms with Crippen molar-refractivity contribution in [3.63, 3.8) is 0 Å². The molecule has 0 saturated heterocycles. The Balaban J connectivity index is 1.82. The van der Waals surface area contributed by atoms with Crippen LogP contribution < -0.4 is 10.1 Å². The van der Waals surface area contributed by atoms with E-state index in [9.17, 15) is 0 Å². The van der Waals surface area contributed by atoms with Crippen LogP contribution in [0.3, 0.4) is 0 Å². The van der Waals surface area contributed by atoms with Gasteiger partial charge >= 0.3 is 0 Å². The molecule has 2 aromatic rings. The third-order valence-electron chi connectivity index (χ3n) is 4.22. The summed E-state index contributed by atoms with van der Waals surface area (Å²) >= 11 is 1.63. The van der Waals surface area contributed by atoms with Crippen molar-refractivity contribution >= 4 is 17.3 Å². The van der Waals surface area contributed by atoms with Gasteiger partial charge in [0.2, 0.25) is 0 Å².